The van der Waals surface area contributed by atoms with Gasteiger partial charge in [-0.15, -0.1) is 0 Å². The topological polar surface area (TPSA) is 114 Å². The Morgan fingerprint density at radius 2 is 1.83 bits per heavy atom. The molecule has 0 spiro atoms. The van der Waals surface area contributed by atoms with Crippen LogP contribution >= 0.6 is 0 Å². The number of fused-ring (bicyclic) bond motifs is 3. The largest absolute Gasteiger partial charge is 0.487 e. The number of carbonyl (C=O) groups excluding carboxylic acids is 1. The van der Waals surface area contributed by atoms with Gasteiger partial charge in [-0.05, 0) is 49.6 Å². The van der Waals surface area contributed by atoms with Crippen LogP contribution < -0.4 is 14.8 Å². The van der Waals surface area contributed by atoms with Crippen LogP contribution in [0.15, 0.2) is 53.4 Å². The van der Waals surface area contributed by atoms with Crippen molar-refractivity contribution in [3.63, 3.8) is 0 Å². The number of benzene rings is 2. The molecule has 1 saturated carbocycles. The zero-order chi connectivity index (χ0) is 24.4. The summed E-state index contributed by atoms with van der Waals surface area (Å²) < 4.78 is 40.4. The number of aliphatic hydroxyl groups is 1. The molecule has 2 fully saturated rings. The number of nitrogens with one attached hydrogen (secondary N) is 2. The lowest BCUT2D eigenvalue weighted by atomic mass is 9.84. The molecule has 8 nitrogen and oxygen atoms in total. The summed E-state index contributed by atoms with van der Waals surface area (Å²) in [6.45, 7) is -0.219. The molecular weight excluding hydrogens is 468 g/mol. The van der Waals surface area contributed by atoms with E-state index in [0.717, 1.165) is 31.2 Å². The van der Waals surface area contributed by atoms with Gasteiger partial charge in [0.2, 0.25) is 5.91 Å². The SMILES string of the molecule is O=C(C[C@H]1C[C@@H]2c3cc(NS(=O)(=O)c4ccccc4)ccc3O[C@@H]2[C@H](CO)O1)NC1CCCCC1. The van der Waals surface area contributed by atoms with Gasteiger partial charge in [0.05, 0.1) is 24.0 Å². The van der Waals surface area contributed by atoms with Crippen molar-refractivity contribution in [2.75, 3.05) is 11.3 Å². The Hall–Kier alpha value is -2.62. The highest BCUT2D eigenvalue weighted by Crippen LogP contribution is 2.47. The van der Waals surface area contributed by atoms with Crippen molar-refractivity contribution >= 4 is 21.6 Å². The number of hydrogen-bond acceptors (Lipinski definition) is 6. The number of rotatable bonds is 7. The van der Waals surface area contributed by atoms with Crippen LogP contribution in [0.1, 0.15) is 56.4 Å². The molecule has 3 N–H and O–H groups in total. The number of aliphatic hydroxyl groups excluding tert-OH is 1. The zero-order valence-electron chi connectivity index (χ0n) is 19.6. The summed E-state index contributed by atoms with van der Waals surface area (Å²) in [7, 11) is -3.72. The van der Waals surface area contributed by atoms with Gasteiger partial charge >= 0.3 is 0 Å². The first kappa shape index (κ1) is 24.1. The molecule has 2 aromatic carbocycles. The van der Waals surface area contributed by atoms with Gasteiger partial charge in [0.1, 0.15) is 18.0 Å². The molecule has 35 heavy (non-hydrogen) atoms. The summed E-state index contributed by atoms with van der Waals surface area (Å²) in [6.07, 6.45) is 5.05. The number of ether oxygens (including phenoxy) is 2. The van der Waals surface area contributed by atoms with Gasteiger partial charge in [0, 0.05) is 23.2 Å². The van der Waals surface area contributed by atoms with E-state index in [2.05, 4.69) is 10.0 Å². The third-order valence-electron chi connectivity index (χ3n) is 7.19. The first-order valence-corrected chi connectivity index (χ1v) is 13.9. The van der Waals surface area contributed by atoms with Gasteiger partial charge < -0.3 is 19.9 Å². The molecule has 4 atom stereocenters. The summed E-state index contributed by atoms with van der Waals surface area (Å²) in [4.78, 5) is 12.9. The molecule has 2 aromatic rings. The Morgan fingerprint density at radius 3 is 2.57 bits per heavy atom. The fourth-order valence-corrected chi connectivity index (χ4v) is 6.58. The lowest BCUT2D eigenvalue weighted by Gasteiger charge is -2.37. The van der Waals surface area contributed by atoms with E-state index >= 15 is 0 Å². The molecular formula is C26H32N2O6S. The van der Waals surface area contributed by atoms with Crippen LogP contribution in [0.5, 0.6) is 5.75 Å². The second kappa shape index (κ2) is 10.2. The van der Waals surface area contributed by atoms with Crippen molar-refractivity contribution in [3.05, 3.63) is 54.1 Å². The molecule has 0 bridgehead atoms. The smallest absolute Gasteiger partial charge is 0.261 e. The second-order valence-electron chi connectivity index (χ2n) is 9.68. The van der Waals surface area contributed by atoms with E-state index in [4.69, 9.17) is 9.47 Å². The van der Waals surface area contributed by atoms with E-state index < -0.39 is 16.1 Å². The number of sulfonamides is 1. The second-order valence-corrected chi connectivity index (χ2v) is 11.4. The molecule has 1 aliphatic carbocycles. The van der Waals surface area contributed by atoms with Gasteiger partial charge in [-0.3, -0.25) is 9.52 Å². The van der Waals surface area contributed by atoms with Gasteiger partial charge in [0.15, 0.2) is 0 Å². The normalized spacial score (nSPS) is 26.3. The minimum Gasteiger partial charge on any atom is -0.487 e. The molecule has 1 saturated heterocycles. The molecule has 9 heteroatoms. The number of amides is 1. The quantitative estimate of drug-likeness (QED) is 0.538. The maximum Gasteiger partial charge on any atom is 0.261 e. The van der Waals surface area contributed by atoms with Crippen molar-refractivity contribution in [2.24, 2.45) is 0 Å². The maximum absolute atomic E-state index is 12.8. The fraction of sp³-hybridized carbons (Fsp3) is 0.500. The number of hydrogen-bond donors (Lipinski definition) is 3. The monoisotopic (exact) mass is 500 g/mol. The van der Waals surface area contributed by atoms with Crippen molar-refractivity contribution in [3.8, 4) is 5.75 Å². The van der Waals surface area contributed by atoms with Gasteiger partial charge in [-0.1, -0.05) is 37.5 Å². The van der Waals surface area contributed by atoms with Gasteiger partial charge in [-0.2, -0.15) is 0 Å². The first-order chi connectivity index (χ1) is 16.9. The lowest BCUT2D eigenvalue weighted by molar-refractivity contribution is -0.142. The molecule has 3 aliphatic rings. The molecule has 2 heterocycles. The lowest BCUT2D eigenvalue weighted by Crippen LogP contribution is -2.48. The fourth-order valence-electron chi connectivity index (χ4n) is 5.51. The van der Waals surface area contributed by atoms with Crippen LogP contribution in [0.2, 0.25) is 0 Å². The average Bonchev–Trinajstić information content (AvgIpc) is 3.22. The van der Waals surface area contributed by atoms with Crippen LogP contribution in [0, 0.1) is 0 Å². The van der Waals surface area contributed by atoms with Crippen LogP contribution in [0.25, 0.3) is 0 Å². The number of carbonyl (C=O) groups is 1. The molecule has 0 unspecified atom stereocenters. The molecule has 1 amide bonds. The van der Waals surface area contributed by atoms with Crippen LogP contribution in [-0.2, 0) is 19.6 Å². The van der Waals surface area contributed by atoms with E-state index in [9.17, 15) is 18.3 Å². The summed E-state index contributed by atoms with van der Waals surface area (Å²) >= 11 is 0. The Bertz CT molecular complexity index is 1150. The highest BCUT2D eigenvalue weighted by molar-refractivity contribution is 7.92. The first-order valence-electron chi connectivity index (χ1n) is 12.4. The molecule has 0 aromatic heterocycles. The minimum atomic E-state index is -3.72. The van der Waals surface area contributed by atoms with Crippen LogP contribution in [0.4, 0.5) is 5.69 Å². The average molecular weight is 501 g/mol. The molecule has 188 valence electrons. The third kappa shape index (κ3) is 5.32. The minimum absolute atomic E-state index is 0.0273. The molecule has 5 rings (SSSR count). The van der Waals surface area contributed by atoms with Crippen molar-refractivity contribution in [2.45, 2.75) is 80.1 Å². The Morgan fingerprint density at radius 1 is 1.06 bits per heavy atom. The van der Waals surface area contributed by atoms with Crippen LogP contribution in [0.3, 0.4) is 0 Å². The highest BCUT2D eigenvalue weighted by Gasteiger charge is 2.46. The maximum atomic E-state index is 12.8. The van der Waals surface area contributed by atoms with Crippen molar-refractivity contribution in [1.82, 2.24) is 5.32 Å². The highest BCUT2D eigenvalue weighted by atomic mass is 32.2. The predicted molar refractivity (Wildman–Crippen MR) is 131 cm³/mol. The Balaban J connectivity index is 1.30. The van der Waals surface area contributed by atoms with E-state index in [1.54, 1.807) is 48.5 Å². The summed E-state index contributed by atoms with van der Waals surface area (Å²) in [5, 5.41) is 13.1. The summed E-state index contributed by atoms with van der Waals surface area (Å²) in [6, 6.07) is 13.6. The number of anilines is 1. The summed E-state index contributed by atoms with van der Waals surface area (Å²) in [5.41, 5.74) is 1.30. The molecule has 2 aliphatic heterocycles. The Kier molecular flexibility index (Phi) is 7.00. The van der Waals surface area contributed by atoms with Crippen molar-refractivity contribution in [1.29, 1.82) is 0 Å². The van der Waals surface area contributed by atoms with E-state index in [0.29, 0.717) is 17.9 Å². The van der Waals surface area contributed by atoms with Crippen molar-refractivity contribution < 1.29 is 27.8 Å². The van der Waals surface area contributed by atoms with E-state index in [1.165, 1.54) is 6.42 Å². The van der Waals surface area contributed by atoms with Crippen LogP contribution in [-0.4, -0.2) is 50.4 Å². The molecule has 0 radical (unpaired) electrons. The van der Waals surface area contributed by atoms with Gasteiger partial charge in [-0.25, -0.2) is 8.42 Å². The van der Waals surface area contributed by atoms with E-state index in [-0.39, 0.29) is 48.0 Å². The van der Waals surface area contributed by atoms with E-state index in [1.807, 2.05) is 0 Å². The Labute approximate surface area is 206 Å². The third-order valence-corrected chi connectivity index (χ3v) is 8.59. The predicted octanol–water partition coefficient (Wildman–Crippen LogP) is 3.32. The van der Waals surface area contributed by atoms with Gasteiger partial charge in [0.25, 0.3) is 10.0 Å². The standard InChI is InChI=1S/C26H32N2O6S/c29-16-24-26-22(14-19(33-24)15-25(30)27-17-7-3-1-4-8-17)21-13-18(11-12-23(21)34-26)28-35(31,32)20-9-5-2-6-10-20/h2,5-6,9-13,17,19,22,24,26,28-29H,1,3-4,7-8,14-16H2,(H,27,30)/t19-,22-,24+,26+/m1/s1. The zero-order valence-corrected chi connectivity index (χ0v) is 20.4. The summed E-state index contributed by atoms with van der Waals surface area (Å²) in [5.74, 6) is 0.516.